The quantitative estimate of drug-likeness (QED) is 0.816. The van der Waals surface area contributed by atoms with E-state index in [0.717, 1.165) is 30.8 Å². The van der Waals surface area contributed by atoms with E-state index < -0.39 is 0 Å². The summed E-state index contributed by atoms with van der Waals surface area (Å²) in [6, 6.07) is 5.43. The second-order valence-electron chi connectivity index (χ2n) is 3.63. The highest BCUT2D eigenvalue weighted by Crippen LogP contribution is 2.25. The van der Waals surface area contributed by atoms with E-state index in [9.17, 15) is 0 Å². The molecule has 0 saturated heterocycles. The molecule has 0 unspecified atom stereocenters. The zero-order valence-corrected chi connectivity index (χ0v) is 12.6. The Labute approximate surface area is 121 Å². The van der Waals surface area contributed by atoms with Crippen molar-refractivity contribution < 1.29 is 10.4 Å². The van der Waals surface area contributed by atoms with E-state index in [1.807, 2.05) is 6.07 Å². The Morgan fingerprint density at radius 1 is 1.00 bits per heavy atom. The minimum Gasteiger partial charge on any atom is -0.372 e. The van der Waals surface area contributed by atoms with Gasteiger partial charge in [-0.05, 0) is 44.0 Å². The van der Waals surface area contributed by atoms with Gasteiger partial charge in [0, 0.05) is 18.8 Å². The molecule has 1 aromatic rings. The number of hydrogen-bond donors (Lipinski definition) is 2. The molecule has 0 aliphatic carbocycles. The molecule has 0 bridgehead atoms. The predicted octanol–water partition coefficient (Wildman–Crippen LogP) is 3.52. The Morgan fingerprint density at radius 3 is 1.94 bits per heavy atom. The molecule has 0 aromatic heterocycles. The van der Waals surface area contributed by atoms with E-state index >= 15 is 0 Å². The number of halogens is 2. The summed E-state index contributed by atoms with van der Waals surface area (Å²) in [5.41, 5.74) is 2.68. The van der Waals surface area contributed by atoms with Crippen molar-refractivity contribution in [1.29, 1.82) is 0 Å². The van der Waals surface area contributed by atoms with Crippen LogP contribution in [-0.4, -0.2) is 23.5 Å². The first-order chi connectivity index (χ1) is 7.63. The number of rotatable bonds is 5. The van der Waals surface area contributed by atoms with Gasteiger partial charge in [-0.1, -0.05) is 6.92 Å². The zero-order valence-electron chi connectivity index (χ0n) is 11.0. The van der Waals surface area contributed by atoms with Gasteiger partial charge in [-0.3, -0.25) is 10.4 Å². The molecular weight excluding hydrogens is 275 g/mol. The van der Waals surface area contributed by atoms with Gasteiger partial charge in [-0.25, -0.2) is 0 Å². The number of benzene rings is 1. The highest BCUT2D eigenvalue weighted by molar-refractivity contribution is 5.85. The molecule has 0 radical (unpaired) electrons. The van der Waals surface area contributed by atoms with Gasteiger partial charge in [-0.15, -0.1) is 30.0 Å². The topological polar surface area (TPSA) is 46.9 Å². The minimum absolute atomic E-state index is 0. The van der Waals surface area contributed by atoms with Crippen molar-refractivity contribution >= 4 is 36.2 Å². The number of aryl methyl sites for hydroxylation is 1. The average Bonchev–Trinajstić information content (AvgIpc) is 2.30. The van der Waals surface area contributed by atoms with E-state index in [1.165, 1.54) is 0 Å². The van der Waals surface area contributed by atoms with Crippen LogP contribution in [0.4, 0.5) is 11.4 Å². The maximum absolute atomic E-state index is 8.96. The minimum atomic E-state index is 0. The summed E-state index contributed by atoms with van der Waals surface area (Å²) < 4.78 is 0. The summed E-state index contributed by atoms with van der Waals surface area (Å²) >= 11 is 0. The smallest absolute Gasteiger partial charge is 0.0947 e. The molecule has 6 heteroatoms. The molecule has 0 atom stereocenters. The van der Waals surface area contributed by atoms with Crippen LogP contribution in [0.5, 0.6) is 0 Å². The Balaban J connectivity index is 0. The van der Waals surface area contributed by atoms with Crippen LogP contribution in [-0.2, 0) is 6.42 Å². The molecule has 0 aliphatic rings. The Bertz CT molecular complexity index is 345. The molecule has 4 nitrogen and oxygen atoms in total. The second kappa shape index (κ2) is 9.28. The SMILES string of the molecule is CCc1cc(N(O)O)ccc1N(CC)CC.Cl.Cl. The fraction of sp³-hybridized carbons (Fsp3) is 0.500. The van der Waals surface area contributed by atoms with Crippen molar-refractivity contribution in [3.05, 3.63) is 23.8 Å². The van der Waals surface area contributed by atoms with Crippen molar-refractivity contribution in [3.63, 3.8) is 0 Å². The van der Waals surface area contributed by atoms with Crippen molar-refractivity contribution in [3.8, 4) is 0 Å². The van der Waals surface area contributed by atoms with Crippen LogP contribution in [0, 0.1) is 0 Å². The van der Waals surface area contributed by atoms with Gasteiger partial charge in [-0.2, -0.15) is 0 Å². The van der Waals surface area contributed by atoms with Crippen molar-refractivity contribution in [2.75, 3.05) is 23.2 Å². The van der Waals surface area contributed by atoms with Gasteiger partial charge in [0.2, 0.25) is 0 Å². The van der Waals surface area contributed by atoms with Crippen LogP contribution in [0.15, 0.2) is 18.2 Å². The highest BCUT2D eigenvalue weighted by atomic mass is 35.5. The maximum Gasteiger partial charge on any atom is 0.0947 e. The van der Waals surface area contributed by atoms with E-state index in [0.29, 0.717) is 5.69 Å². The monoisotopic (exact) mass is 296 g/mol. The van der Waals surface area contributed by atoms with E-state index in [4.69, 9.17) is 10.4 Å². The van der Waals surface area contributed by atoms with Crippen LogP contribution in [0.2, 0.25) is 0 Å². The predicted molar refractivity (Wildman–Crippen MR) is 79.9 cm³/mol. The molecule has 0 amide bonds. The van der Waals surface area contributed by atoms with E-state index in [2.05, 4.69) is 25.7 Å². The molecular formula is C12H22Cl2N2O2. The molecule has 18 heavy (non-hydrogen) atoms. The van der Waals surface area contributed by atoms with Gasteiger partial charge < -0.3 is 4.90 Å². The van der Waals surface area contributed by atoms with Crippen LogP contribution >= 0.6 is 24.8 Å². The average molecular weight is 297 g/mol. The summed E-state index contributed by atoms with van der Waals surface area (Å²) in [6.07, 6.45) is 0.869. The first kappa shape index (κ1) is 19.7. The van der Waals surface area contributed by atoms with Gasteiger partial charge in [0.15, 0.2) is 0 Å². The Morgan fingerprint density at radius 2 is 1.56 bits per heavy atom. The first-order valence-corrected chi connectivity index (χ1v) is 5.69. The summed E-state index contributed by atoms with van der Waals surface area (Å²) in [6.45, 7) is 8.18. The number of nitrogens with zero attached hydrogens (tertiary/aromatic N) is 2. The number of anilines is 2. The second-order valence-corrected chi connectivity index (χ2v) is 3.63. The molecule has 0 aliphatic heterocycles. The fourth-order valence-corrected chi connectivity index (χ4v) is 1.85. The van der Waals surface area contributed by atoms with E-state index in [1.54, 1.807) is 12.1 Å². The molecule has 1 rings (SSSR count). The summed E-state index contributed by atoms with van der Waals surface area (Å²) in [5.74, 6) is 0. The lowest BCUT2D eigenvalue weighted by molar-refractivity contribution is 0.0291. The maximum atomic E-state index is 8.96. The van der Waals surface area contributed by atoms with Crippen LogP contribution < -0.4 is 10.1 Å². The summed E-state index contributed by atoms with van der Waals surface area (Å²) in [7, 11) is 0. The molecule has 0 fully saturated rings. The lowest BCUT2D eigenvalue weighted by Gasteiger charge is -2.24. The third kappa shape index (κ3) is 4.53. The largest absolute Gasteiger partial charge is 0.372 e. The highest BCUT2D eigenvalue weighted by Gasteiger charge is 2.09. The third-order valence-electron chi connectivity index (χ3n) is 2.78. The van der Waals surface area contributed by atoms with Crippen molar-refractivity contribution in [2.24, 2.45) is 0 Å². The summed E-state index contributed by atoms with van der Waals surface area (Å²) in [4.78, 5) is 2.25. The molecule has 0 heterocycles. The molecule has 2 N–H and O–H groups in total. The molecule has 0 spiro atoms. The van der Waals surface area contributed by atoms with Crippen LogP contribution in [0.25, 0.3) is 0 Å². The molecule has 106 valence electrons. The Hall–Kier alpha value is -0.680. The van der Waals surface area contributed by atoms with Gasteiger partial charge in [0.1, 0.15) is 0 Å². The van der Waals surface area contributed by atoms with Crippen molar-refractivity contribution in [2.45, 2.75) is 27.2 Å². The molecule has 1 aromatic carbocycles. The normalized spacial score (nSPS) is 9.17. The summed E-state index contributed by atoms with van der Waals surface area (Å²) in [5, 5.41) is 18.1. The first-order valence-electron chi connectivity index (χ1n) is 5.69. The third-order valence-corrected chi connectivity index (χ3v) is 2.78. The standard InChI is InChI=1S/C12H20N2O2.2ClH/c1-4-10-9-11(14(15)16)7-8-12(10)13(5-2)6-3;;/h7-9,15-16H,4-6H2,1-3H3;2*1H. The van der Waals surface area contributed by atoms with Crippen LogP contribution in [0.3, 0.4) is 0 Å². The lowest BCUT2D eigenvalue weighted by Crippen LogP contribution is -2.23. The fourth-order valence-electron chi connectivity index (χ4n) is 1.85. The Kier molecular flexibility index (Phi) is 10.1. The van der Waals surface area contributed by atoms with Crippen LogP contribution in [0.1, 0.15) is 26.3 Å². The van der Waals surface area contributed by atoms with Crippen molar-refractivity contribution in [1.82, 2.24) is 0 Å². The lowest BCUT2D eigenvalue weighted by atomic mass is 10.1. The van der Waals surface area contributed by atoms with E-state index in [-0.39, 0.29) is 30.0 Å². The molecule has 0 saturated carbocycles. The van der Waals surface area contributed by atoms with Gasteiger partial charge in [0.05, 0.1) is 5.69 Å². The number of hydrogen-bond acceptors (Lipinski definition) is 4. The van der Waals surface area contributed by atoms with Gasteiger partial charge in [0.25, 0.3) is 0 Å². The van der Waals surface area contributed by atoms with Gasteiger partial charge >= 0.3 is 0 Å². The zero-order chi connectivity index (χ0) is 12.1.